The number of imidazole rings is 1. The van der Waals surface area contributed by atoms with Gasteiger partial charge in [0, 0.05) is 6.54 Å². The van der Waals surface area contributed by atoms with Crippen molar-refractivity contribution in [3.8, 4) is 0 Å². The lowest BCUT2D eigenvalue weighted by atomic mass is 10.4. The SMILES string of the molecule is CCNc1ncnc2c1ncn2C[C@@H](C)OCP(=O)(O)O. The molecule has 0 saturated heterocycles. The zero-order chi connectivity index (χ0) is 15.5. The van der Waals surface area contributed by atoms with Crippen LogP contribution in [0.1, 0.15) is 13.8 Å². The number of ether oxygens (including phenoxy) is 1. The van der Waals surface area contributed by atoms with E-state index in [2.05, 4.69) is 20.3 Å². The van der Waals surface area contributed by atoms with E-state index in [1.54, 1.807) is 17.8 Å². The van der Waals surface area contributed by atoms with Crippen LogP contribution in [0.25, 0.3) is 11.2 Å². The number of hydrogen-bond donors (Lipinski definition) is 3. The van der Waals surface area contributed by atoms with Crippen molar-refractivity contribution >= 4 is 24.6 Å². The number of nitrogens with zero attached hydrogens (tertiary/aromatic N) is 4. The van der Waals surface area contributed by atoms with Gasteiger partial charge in [0.1, 0.15) is 18.2 Å². The van der Waals surface area contributed by atoms with E-state index < -0.39 is 13.9 Å². The van der Waals surface area contributed by atoms with Crippen molar-refractivity contribution in [2.45, 2.75) is 26.5 Å². The molecule has 0 aromatic carbocycles. The van der Waals surface area contributed by atoms with Gasteiger partial charge in [-0.05, 0) is 13.8 Å². The third-order valence-electron chi connectivity index (χ3n) is 2.73. The average Bonchev–Trinajstić information content (AvgIpc) is 2.81. The van der Waals surface area contributed by atoms with E-state index in [0.29, 0.717) is 23.5 Å². The molecule has 2 aromatic heterocycles. The molecule has 0 aliphatic rings. The molecule has 2 heterocycles. The zero-order valence-electron chi connectivity index (χ0n) is 11.8. The minimum Gasteiger partial charge on any atom is -0.368 e. The van der Waals surface area contributed by atoms with Gasteiger partial charge >= 0.3 is 7.60 Å². The highest BCUT2D eigenvalue weighted by Crippen LogP contribution is 2.34. The van der Waals surface area contributed by atoms with E-state index in [0.717, 1.165) is 6.54 Å². The Bertz CT molecular complexity index is 655. The molecular formula is C11H18N5O4P. The molecular weight excluding hydrogens is 297 g/mol. The lowest BCUT2D eigenvalue weighted by Gasteiger charge is -2.14. The average molecular weight is 315 g/mol. The van der Waals surface area contributed by atoms with Crippen molar-refractivity contribution in [3.63, 3.8) is 0 Å². The van der Waals surface area contributed by atoms with Crippen LogP contribution in [0.15, 0.2) is 12.7 Å². The van der Waals surface area contributed by atoms with Gasteiger partial charge in [-0.3, -0.25) is 4.57 Å². The normalized spacial score (nSPS) is 13.5. The van der Waals surface area contributed by atoms with Crippen LogP contribution in [0, 0.1) is 0 Å². The molecule has 0 aliphatic heterocycles. The molecule has 21 heavy (non-hydrogen) atoms. The topological polar surface area (TPSA) is 122 Å². The number of hydrogen-bond acceptors (Lipinski definition) is 6. The molecule has 0 amide bonds. The third-order valence-corrected chi connectivity index (χ3v) is 3.21. The van der Waals surface area contributed by atoms with Gasteiger partial charge in [-0.1, -0.05) is 0 Å². The summed E-state index contributed by atoms with van der Waals surface area (Å²) in [6.45, 7) is 4.80. The summed E-state index contributed by atoms with van der Waals surface area (Å²) in [4.78, 5) is 30.2. The minimum atomic E-state index is -4.16. The number of anilines is 1. The predicted molar refractivity (Wildman–Crippen MR) is 76.9 cm³/mol. The van der Waals surface area contributed by atoms with Crippen molar-refractivity contribution in [3.05, 3.63) is 12.7 Å². The van der Waals surface area contributed by atoms with Crippen LogP contribution in [0.5, 0.6) is 0 Å². The molecule has 9 nitrogen and oxygen atoms in total. The molecule has 1 atom stereocenters. The van der Waals surface area contributed by atoms with E-state index in [1.807, 2.05) is 6.92 Å². The fourth-order valence-corrected chi connectivity index (χ4v) is 2.31. The summed E-state index contributed by atoms with van der Waals surface area (Å²) in [7, 11) is -4.16. The van der Waals surface area contributed by atoms with Crippen LogP contribution in [-0.2, 0) is 15.8 Å². The highest BCUT2D eigenvalue weighted by molar-refractivity contribution is 7.51. The minimum absolute atomic E-state index is 0.382. The Hall–Kier alpha value is -1.54. The summed E-state index contributed by atoms with van der Waals surface area (Å²) in [5.41, 5.74) is 1.30. The Labute approximate surface area is 121 Å². The first kappa shape index (κ1) is 15.8. The van der Waals surface area contributed by atoms with Crippen LogP contribution in [-0.4, -0.2) is 48.3 Å². The van der Waals surface area contributed by atoms with Crippen LogP contribution in [0.4, 0.5) is 5.82 Å². The van der Waals surface area contributed by atoms with Crippen molar-refractivity contribution < 1.29 is 19.1 Å². The number of rotatable bonds is 7. The van der Waals surface area contributed by atoms with Crippen LogP contribution in [0.3, 0.4) is 0 Å². The fraction of sp³-hybridized carbons (Fsp3) is 0.545. The third kappa shape index (κ3) is 4.21. The summed E-state index contributed by atoms with van der Waals surface area (Å²) in [5.74, 6) is 0.657. The van der Waals surface area contributed by atoms with E-state index in [4.69, 9.17) is 14.5 Å². The van der Waals surface area contributed by atoms with Crippen LogP contribution < -0.4 is 5.32 Å². The van der Waals surface area contributed by atoms with Gasteiger partial charge < -0.3 is 24.4 Å². The van der Waals surface area contributed by atoms with Gasteiger partial charge in [0.2, 0.25) is 0 Å². The molecule has 0 radical (unpaired) electrons. The van der Waals surface area contributed by atoms with Crippen molar-refractivity contribution in [1.82, 2.24) is 19.5 Å². The molecule has 0 unspecified atom stereocenters. The van der Waals surface area contributed by atoms with Crippen molar-refractivity contribution in [1.29, 1.82) is 0 Å². The Morgan fingerprint density at radius 2 is 2.19 bits per heavy atom. The van der Waals surface area contributed by atoms with E-state index >= 15 is 0 Å². The molecule has 0 fully saturated rings. The number of fused-ring (bicyclic) bond motifs is 1. The van der Waals surface area contributed by atoms with Gasteiger partial charge in [-0.25, -0.2) is 15.0 Å². The van der Waals surface area contributed by atoms with Gasteiger partial charge in [-0.15, -0.1) is 0 Å². The maximum atomic E-state index is 10.8. The first-order valence-corrected chi connectivity index (χ1v) is 8.26. The Morgan fingerprint density at radius 1 is 1.43 bits per heavy atom. The highest BCUT2D eigenvalue weighted by Gasteiger charge is 2.17. The van der Waals surface area contributed by atoms with Crippen molar-refractivity contribution in [2.24, 2.45) is 0 Å². The molecule has 0 aliphatic carbocycles. The summed E-state index contributed by atoms with van der Waals surface area (Å²) in [6, 6.07) is 0. The van der Waals surface area contributed by atoms with Crippen molar-refractivity contribution in [2.75, 3.05) is 18.2 Å². The second kappa shape index (κ2) is 6.48. The Balaban J connectivity index is 2.12. The summed E-state index contributed by atoms with van der Waals surface area (Å²) >= 11 is 0. The standard InChI is InChI=1S/C11H18N5O4P/c1-3-12-10-9-11(14-5-13-10)16(6-15-9)4-8(2)20-7-21(17,18)19/h5-6,8H,3-4,7H2,1-2H3,(H,12,13,14)(H2,17,18,19)/t8-/m1/s1. The summed E-state index contributed by atoms with van der Waals surface area (Å²) in [6.07, 6.45) is 2.07. The van der Waals surface area contributed by atoms with Crippen LogP contribution in [0.2, 0.25) is 0 Å². The first-order valence-electron chi connectivity index (χ1n) is 6.46. The highest BCUT2D eigenvalue weighted by atomic mass is 31.2. The smallest absolute Gasteiger partial charge is 0.350 e. The quantitative estimate of drug-likeness (QED) is 0.641. The van der Waals surface area contributed by atoms with Gasteiger partial charge in [0.15, 0.2) is 11.5 Å². The molecule has 3 N–H and O–H groups in total. The van der Waals surface area contributed by atoms with Gasteiger partial charge in [-0.2, -0.15) is 0 Å². The number of aromatic nitrogens is 4. The van der Waals surface area contributed by atoms with E-state index in [9.17, 15) is 4.57 Å². The fourth-order valence-electron chi connectivity index (χ4n) is 1.87. The lowest BCUT2D eigenvalue weighted by molar-refractivity contribution is 0.0764. The summed E-state index contributed by atoms with van der Waals surface area (Å²) in [5, 5.41) is 3.10. The first-order chi connectivity index (χ1) is 9.90. The zero-order valence-corrected chi connectivity index (χ0v) is 12.7. The molecule has 10 heteroatoms. The number of nitrogens with one attached hydrogen (secondary N) is 1. The lowest BCUT2D eigenvalue weighted by Crippen LogP contribution is -2.17. The predicted octanol–water partition coefficient (Wildman–Crippen LogP) is 0.798. The molecule has 2 rings (SSSR count). The maximum absolute atomic E-state index is 10.8. The molecule has 116 valence electrons. The largest absolute Gasteiger partial charge is 0.368 e. The van der Waals surface area contributed by atoms with Gasteiger partial charge in [0.05, 0.1) is 19.0 Å². The van der Waals surface area contributed by atoms with Gasteiger partial charge in [0.25, 0.3) is 0 Å². The summed E-state index contributed by atoms with van der Waals surface area (Å²) < 4.78 is 17.7. The second-order valence-electron chi connectivity index (χ2n) is 4.59. The van der Waals surface area contributed by atoms with Crippen LogP contribution >= 0.6 is 7.60 Å². The maximum Gasteiger partial charge on any atom is 0.350 e. The molecule has 0 saturated carbocycles. The monoisotopic (exact) mass is 315 g/mol. The Kier molecular flexibility index (Phi) is 4.89. The molecule has 2 aromatic rings. The Morgan fingerprint density at radius 3 is 2.86 bits per heavy atom. The molecule has 0 spiro atoms. The van der Waals surface area contributed by atoms with E-state index in [1.165, 1.54) is 6.33 Å². The van der Waals surface area contributed by atoms with E-state index in [-0.39, 0.29) is 6.10 Å². The molecule has 0 bridgehead atoms. The second-order valence-corrected chi connectivity index (χ2v) is 6.18.